The van der Waals surface area contributed by atoms with Crippen molar-refractivity contribution in [2.24, 2.45) is 0 Å². The minimum atomic E-state index is -2.23. The highest BCUT2D eigenvalue weighted by Gasteiger charge is 2.18. The first-order valence-electron chi connectivity index (χ1n) is 5.27. The number of nitrogens with zero attached hydrogens (tertiary/aromatic N) is 1. The minimum absolute atomic E-state index is 0.0299. The average Bonchev–Trinajstić information content (AvgIpc) is 2.14. The Balaban J connectivity index is 4.17. The van der Waals surface area contributed by atoms with E-state index in [9.17, 15) is 14.8 Å². The molecule has 0 radical (unpaired) electrons. The Kier molecular flexibility index (Phi) is 6.75. The summed E-state index contributed by atoms with van der Waals surface area (Å²) < 4.78 is 5.38. The van der Waals surface area contributed by atoms with Crippen molar-refractivity contribution in [1.29, 1.82) is 0 Å². The Morgan fingerprint density at radius 3 is 2.41 bits per heavy atom. The van der Waals surface area contributed by atoms with Gasteiger partial charge in [-0.2, -0.15) is 4.52 Å². The summed E-state index contributed by atoms with van der Waals surface area (Å²) in [6, 6.07) is 0. The molecule has 0 amide bonds. The highest BCUT2D eigenvalue weighted by molar-refractivity contribution is 7.46. The summed E-state index contributed by atoms with van der Waals surface area (Å²) in [5, 5.41) is 9.52. The van der Waals surface area contributed by atoms with Crippen molar-refractivity contribution in [1.82, 2.24) is 0 Å². The van der Waals surface area contributed by atoms with E-state index in [1.54, 1.807) is 6.92 Å². The van der Waals surface area contributed by atoms with Crippen LogP contribution in [0.3, 0.4) is 0 Å². The van der Waals surface area contributed by atoms with Crippen LogP contribution in [0.2, 0.25) is 0 Å². The maximum atomic E-state index is 11.5. The van der Waals surface area contributed by atoms with Gasteiger partial charge >= 0.3 is 5.48 Å². The van der Waals surface area contributed by atoms with Gasteiger partial charge in [-0.3, -0.25) is 4.79 Å². The van der Waals surface area contributed by atoms with E-state index in [1.165, 1.54) is 0 Å². The molecule has 0 heterocycles. The van der Waals surface area contributed by atoms with Crippen molar-refractivity contribution in [2.45, 2.75) is 13.3 Å². The van der Waals surface area contributed by atoms with Crippen molar-refractivity contribution in [2.75, 3.05) is 34.3 Å². The summed E-state index contributed by atoms with van der Waals surface area (Å²) in [5.74, 6) is -0.125. The molecule has 1 unspecified atom stereocenters. The Morgan fingerprint density at radius 2 is 2.00 bits per heavy atom. The number of allylic oxidation sites excluding steroid dienone is 1. The summed E-state index contributed by atoms with van der Waals surface area (Å²) >= 11 is 0. The van der Waals surface area contributed by atoms with Crippen molar-refractivity contribution >= 4 is 19.3 Å². The second-order valence-electron chi connectivity index (χ2n) is 4.91. The molecule has 0 aromatic carbocycles. The number of likely N-dealkylation sites (N-methyl/N-ethyl adjacent to an activating group) is 1. The number of aliphatic hydroxyl groups is 1. The molecule has 98 valence electrons. The standard InChI is InChI=1S/C11H20NO4P/c1-9(2)10(13)6-7-16-17(15)11(14)8-12(3,4)5/h1,6-8H2,2-5H3/p+1. The summed E-state index contributed by atoms with van der Waals surface area (Å²) in [7, 11) is 3.36. The molecule has 0 saturated carbocycles. The molecule has 0 aliphatic rings. The summed E-state index contributed by atoms with van der Waals surface area (Å²) in [6.07, 6.45) is 0.133. The van der Waals surface area contributed by atoms with E-state index in [-0.39, 0.29) is 30.8 Å². The smallest absolute Gasteiger partial charge is 0.308 e. The van der Waals surface area contributed by atoms with E-state index in [0.29, 0.717) is 10.1 Å². The summed E-state index contributed by atoms with van der Waals surface area (Å²) in [6.45, 7) is 5.40. The molecule has 0 fully saturated rings. The predicted molar refractivity (Wildman–Crippen MR) is 67.2 cm³/mol. The van der Waals surface area contributed by atoms with Crippen LogP contribution in [0.1, 0.15) is 13.3 Å². The third-order valence-corrected chi connectivity index (χ3v) is 2.82. The second kappa shape index (κ2) is 6.99. The predicted octanol–water partition coefficient (Wildman–Crippen LogP) is 0.419. The lowest BCUT2D eigenvalue weighted by atomic mass is 10.2. The number of rotatable bonds is 7. The van der Waals surface area contributed by atoms with Crippen LogP contribution in [0.5, 0.6) is 0 Å². The molecule has 1 N–H and O–H groups in total. The average molecular weight is 262 g/mol. The van der Waals surface area contributed by atoms with E-state index < -0.39 is 8.00 Å². The van der Waals surface area contributed by atoms with Crippen molar-refractivity contribution in [3.05, 3.63) is 12.2 Å². The highest BCUT2D eigenvalue weighted by atomic mass is 31.1. The first-order valence-corrected chi connectivity index (χ1v) is 6.45. The summed E-state index contributed by atoms with van der Waals surface area (Å²) in [4.78, 5) is 22.6. The topological polar surface area (TPSA) is 69.6 Å². The molecule has 0 aliphatic carbocycles. The molecular weight excluding hydrogens is 241 g/mol. The summed E-state index contributed by atoms with van der Waals surface area (Å²) in [5.41, 5.74) is 0.263. The van der Waals surface area contributed by atoms with Gasteiger partial charge < -0.3 is 14.5 Å². The lowest BCUT2D eigenvalue weighted by Crippen LogP contribution is -2.39. The van der Waals surface area contributed by atoms with Gasteiger partial charge in [0.25, 0.3) is 8.00 Å². The Morgan fingerprint density at radius 1 is 1.47 bits per heavy atom. The van der Waals surface area contributed by atoms with Crippen LogP contribution in [0.25, 0.3) is 0 Å². The van der Waals surface area contributed by atoms with Gasteiger partial charge in [0.2, 0.25) is 0 Å². The normalized spacial score (nSPS) is 13.3. The molecule has 0 saturated heterocycles. The zero-order valence-electron chi connectivity index (χ0n) is 10.9. The van der Waals surface area contributed by atoms with Crippen LogP contribution < -0.4 is 4.89 Å². The SMILES string of the molecule is C=C(C)C(=O)CCO/[P+]([O-])=C(\O)C[N+](C)(C)C. The zero-order chi connectivity index (χ0) is 13.6. The molecule has 17 heavy (non-hydrogen) atoms. The van der Waals surface area contributed by atoms with Crippen LogP contribution in [0.4, 0.5) is 0 Å². The van der Waals surface area contributed by atoms with Crippen molar-refractivity contribution in [3.63, 3.8) is 0 Å². The third-order valence-electron chi connectivity index (χ3n) is 1.84. The van der Waals surface area contributed by atoms with E-state index in [1.807, 2.05) is 21.1 Å². The molecule has 0 aliphatic heterocycles. The number of hydrogen-bond acceptors (Lipinski definition) is 3. The fourth-order valence-electron chi connectivity index (χ4n) is 0.991. The van der Waals surface area contributed by atoms with E-state index >= 15 is 0 Å². The fourth-order valence-corrected chi connectivity index (χ4v) is 1.94. The molecule has 5 nitrogen and oxygen atoms in total. The minimum Gasteiger partial charge on any atom is -0.601 e. The highest BCUT2D eigenvalue weighted by Crippen LogP contribution is 2.16. The van der Waals surface area contributed by atoms with E-state index in [0.717, 1.165) is 0 Å². The number of ketones is 1. The van der Waals surface area contributed by atoms with Crippen LogP contribution >= 0.6 is 8.00 Å². The second-order valence-corrected chi connectivity index (χ2v) is 6.20. The molecule has 6 heteroatoms. The van der Waals surface area contributed by atoms with Crippen LogP contribution in [0, 0.1) is 0 Å². The van der Waals surface area contributed by atoms with Gasteiger partial charge in [-0.25, -0.2) is 0 Å². The maximum Gasteiger partial charge on any atom is 0.308 e. The van der Waals surface area contributed by atoms with Crippen molar-refractivity contribution < 1.29 is 23.8 Å². The first-order chi connectivity index (χ1) is 7.63. The maximum absolute atomic E-state index is 11.5. The van der Waals surface area contributed by atoms with Crippen LogP contribution in [-0.4, -0.2) is 55.1 Å². The molecule has 0 bridgehead atoms. The lowest BCUT2D eigenvalue weighted by Gasteiger charge is -2.21. The van der Waals surface area contributed by atoms with Gasteiger partial charge in [-0.05, 0) is 12.5 Å². The van der Waals surface area contributed by atoms with Gasteiger partial charge in [-0.15, -0.1) is 0 Å². The van der Waals surface area contributed by atoms with Gasteiger partial charge in [0.15, 0.2) is 12.3 Å². The Hall–Kier alpha value is -0.580. The monoisotopic (exact) mass is 262 g/mol. The van der Waals surface area contributed by atoms with E-state index in [2.05, 4.69) is 6.58 Å². The number of carbonyl (C=O) groups excluding carboxylic acids is 1. The number of hydrogen-bond donors (Lipinski definition) is 1. The lowest BCUT2D eigenvalue weighted by molar-refractivity contribution is -0.861. The van der Waals surface area contributed by atoms with E-state index in [4.69, 9.17) is 4.52 Å². The number of quaternary nitrogens is 1. The molecule has 0 rings (SSSR count). The molecule has 0 aromatic heterocycles. The molecule has 0 spiro atoms. The van der Waals surface area contributed by atoms with Crippen molar-refractivity contribution in [3.8, 4) is 0 Å². The Labute approximate surface area is 103 Å². The fraction of sp³-hybridized carbons (Fsp3) is 0.636. The zero-order valence-corrected chi connectivity index (χ0v) is 11.8. The number of carbonyl (C=O) groups is 1. The molecule has 1 atom stereocenters. The number of aliphatic hydroxyl groups excluding tert-OH is 1. The first kappa shape index (κ1) is 16.4. The quantitative estimate of drug-likeness (QED) is 0.410. The Bertz CT molecular complexity index is 331. The third kappa shape index (κ3) is 8.18. The number of Topliss-reactive ketones (excluding diaryl/α,β-unsaturated/α-hetero) is 1. The largest absolute Gasteiger partial charge is 0.601 e. The molecular formula is C11H21NO4P+. The van der Waals surface area contributed by atoms with Gasteiger partial charge in [0.1, 0.15) is 6.61 Å². The van der Waals surface area contributed by atoms with Gasteiger partial charge in [0, 0.05) is 6.42 Å². The van der Waals surface area contributed by atoms with Gasteiger partial charge in [0.05, 0.1) is 21.1 Å². The van der Waals surface area contributed by atoms with Crippen LogP contribution in [-0.2, 0) is 9.32 Å². The van der Waals surface area contributed by atoms with Gasteiger partial charge in [-0.1, -0.05) is 6.58 Å². The van der Waals surface area contributed by atoms with Crippen LogP contribution in [0.15, 0.2) is 12.2 Å². The molecule has 0 aromatic rings.